The Labute approximate surface area is 200 Å². The molecule has 4 rings (SSSR count). The smallest absolute Gasteiger partial charge is 0.126 e. The van der Waals surface area contributed by atoms with Crippen molar-refractivity contribution >= 4 is 17.6 Å². The number of nitrogens with two attached hydrogens (primary N) is 1. The Balaban J connectivity index is 1.39. The van der Waals surface area contributed by atoms with E-state index in [1.54, 1.807) is 6.08 Å². The summed E-state index contributed by atoms with van der Waals surface area (Å²) in [6.45, 7) is 9.85. The van der Waals surface area contributed by atoms with E-state index in [4.69, 9.17) is 10.7 Å². The van der Waals surface area contributed by atoms with E-state index < -0.39 is 0 Å². The molecule has 2 fully saturated rings. The van der Waals surface area contributed by atoms with Crippen LogP contribution in [0.3, 0.4) is 0 Å². The largest absolute Gasteiger partial charge is 0.372 e. The standard InChI is InChI=1S/C28H41N5/c1-3-24-8-7-9-27(31-24)32-25-12-10-22(11-13-25)19-23-20-26(33-16-5-4-6-17-33)18-21(2)28(23)30-15-14-29/h3,7-9,18,20-22,25H,1,4-6,10-17,19,29H2,2H3,(H,31,32). The Hall–Kier alpha value is -2.40. The molecule has 2 heterocycles. The molecule has 0 radical (unpaired) electrons. The molecule has 1 saturated carbocycles. The average molecular weight is 448 g/mol. The fraction of sp³-hybridized carbons (Fsp3) is 0.571. The lowest BCUT2D eigenvalue weighted by Gasteiger charge is -2.35. The monoisotopic (exact) mass is 447 g/mol. The molecule has 0 amide bonds. The van der Waals surface area contributed by atoms with Gasteiger partial charge in [0.15, 0.2) is 0 Å². The highest BCUT2D eigenvalue weighted by atomic mass is 15.1. The average Bonchev–Trinajstić information content (AvgIpc) is 2.85. The fourth-order valence-electron chi connectivity index (χ4n) is 5.55. The van der Waals surface area contributed by atoms with E-state index in [0.717, 1.165) is 30.4 Å². The third-order valence-electron chi connectivity index (χ3n) is 7.32. The molecule has 2 aliphatic carbocycles. The lowest BCUT2D eigenvalue weighted by molar-refractivity contribution is 0.290. The van der Waals surface area contributed by atoms with E-state index >= 15 is 0 Å². The first kappa shape index (κ1) is 23.7. The number of hydrogen-bond acceptors (Lipinski definition) is 5. The second-order valence-electron chi connectivity index (χ2n) is 9.87. The number of pyridine rings is 1. The third kappa shape index (κ3) is 6.35. The minimum atomic E-state index is 0.370. The lowest BCUT2D eigenvalue weighted by Crippen LogP contribution is -2.32. The zero-order valence-corrected chi connectivity index (χ0v) is 20.3. The summed E-state index contributed by atoms with van der Waals surface area (Å²) < 4.78 is 0. The zero-order chi connectivity index (χ0) is 23.0. The number of hydrogen-bond donors (Lipinski definition) is 2. The summed E-state index contributed by atoms with van der Waals surface area (Å²) in [4.78, 5) is 12.1. The van der Waals surface area contributed by atoms with Crippen molar-refractivity contribution in [2.45, 2.75) is 64.3 Å². The molecule has 1 aromatic rings. The van der Waals surface area contributed by atoms with Gasteiger partial charge in [-0.1, -0.05) is 25.6 Å². The molecular weight excluding hydrogens is 406 g/mol. The lowest BCUT2D eigenvalue weighted by atomic mass is 9.78. The summed E-state index contributed by atoms with van der Waals surface area (Å²) in [5.41, 5.74) is 10.9. The van der Waals surface area contributed by atoms with E-state index in [1.807, 2.05) is 12.1 Å². The number of aromatic nitrogens is 1. The molecular formula is C28H41N5. The van der Waals surface area contributed by atoms with Crippen LogP contribution >= 0.6 is 0 Å². The van der Waals surface area contributed by atoms with Crippen LogP contribution in [0.4, 0.5) is 5.82 Å². The number of aliphatic imine (C=N–C) groups is 1. The predicted molar refractivity (Wildman–Crippen MR) is 140 cm³/mol. The van der Waals surface area contributed by atoms with Gasteiger partial charge >= 0.3 is 0 Å². The summed E-state index contributed by atoms with van der Waals surface area (Å²) in [6, 6.07) is 6.60. The van der Waals surface area contributed by atoms with Gasteiger partial charge in [-0.25, -0.2) is 4.98 Å². The molecule has 0 aromatic carbocycles. The minimum absolute atomic E-state index is 0.370. The van der Waals surface area contributed by atoms with Gasteiger partial charge in [0.05, 0.1) is 12.2 Å². The summed E-state index contributed by atoms with van der Waals surface area (Å²) >= 11 is 0. The number of allylic oxidation sites excluding steroid dienone is 3. The second kappa shape index (κ2) is 11.6. The Bertz CT molecular complexity index is 885. The second-order valence-corrected chi connectivity index (χ2v) is 9.87. The zero-order valence-electron chi connectivity index (χ0n) is 20.3. The number of nitrogens with one attached hydrogen (secondary N) is 1. The summed E-state index contributed by atoms with van der Waals surface area (Å²) in [6.07, 6.45) is 16.7. The van der Waals surface area contributed by atoms with Crippen molar-refractivity contribution in [3.8, 4) is 0 Å². The molecule has 178 valence electrons. The van der Waals surface area contributed by atoms with Gasteiger partial charge in [-0.3, -0.25) is 4.99 Å². The summed E-state index contributed by atoms with van der Waals surface area (Å²) in [5.74, 6) is 2.06. The molecule has 1 aliphatic heterocycles. The third-order valence-corrected chi connectivity index (χ3v) is 7.32. The van der Waals surface area contributed by atoms with E-state index in [9.17, 15) is 0 Å². The minimum Gasteiger partial charge on any atom is -0.372 e. The van der Waals surface area contributed by atoms with E-state index in [-0.39, 0.29) is 0 Å². The highest BCUT2D eigenvalue weighted by Crippen LogP contribution is 2.35. The van der Waals surface area contributed by atoms with E-state index in [1.165, 1.54) is 75.0 Å². The molecule has 5 heteroatoms. The molecule has 0 bridgehead atoms. The van der Waals surface area contributed by atoms with Crippen LogP contribution in [0.5, 0.6) is 0 Å². The van der Waals surface area contributed by atoms with Crippen LogP contribution in [0.1, 0.15) is 64.0 Å². The van der Waals surface area contributed by atoms with Crippen molar-refractivity contribution in [2.75, 3.05) is 31.5 Å². The highest BCUT2D eigenvalue weighted by molar-refractivity contribution is 6.04. The van der Waals surface area contributed by atoms with Crippen LogP contribution in [0.2, 0.25) is 0 Å². The van der Waals surface area contributed by atoms with E-state index in [2.05, 4.69) is 46.9 Å². The van der Waals surface area contributed by atoms with Gasteiger partial charge in [-0.15, -0.1) is 0 Å². The molecule has 5 nitrogen and oxygen atoms in total. The molecule has 0 spiro atoms. The maximum absolute atomic E-state index is 5.79. The first-order chi connectivity index (χ1) is 16.2. The number of nitrogens with zero attached hydrogens (tertiary/aromatic N) is 3. The maximum Gasteiger partial charge on any atom is 0.126 e. The van der Waals surface area contributed by atoms with Crippen molar-refractivity contribution < 1.29 is 0 Å². The van der Waals surface area contributed by atoms with Gasteiger partial charge in [0.25, 0.3) is 0 Å². The molecule has 1 saturated heterocycles. The Kier molecular flexibility index (Phi) is 8.38. The van der Waals surface area contributed by atoms with Crippen molar-refractivity contribution in [3.05, 3.63) is 53.9 Å². The normalized spacial score (nSPS) is 27.2. The van der Waals surface area contributed by atoms with E-state index in [0.29, 0.717) is 18.5 Å². The van der Waals surface area contributed by atoms with Crippen molar-refractivity contribution in [1.29, 1.82) is 0 Å². The topological polar surface area (TPSA) is 66.5 Å². The number of rotatable bonds is 8. The number of likely N-dealkylation sites (tertiary alicyclic amines) is 1. The molecule has 1 aromatic heterocycles. The van der Waals surface area contributed by atoms with Crippen LogP contribution < -0.4 is 11.1 Å². The SMILES string of the molecule is C=Cc1cccc(NC2CCC(CC3=CC(N4CCCCC4)=CC(C)C3=NCCN)CC2)n1. The Morgan fingerprint density at radius 2 is 1.97 bits per heavy atom. The van der Waals surface area contributed by atoms with Crippen LogP contribution in [-0.2, 0) is 0 Å². The number of anilines is 1. The van der Waals surface area contributed by atoms with Gasteiger partial charge in [-0.2, -0.15) is 0 Å². The summed E-state index contributed by atoms with van der Waals surface area (Å²) in [7, 11) is 0. The van der Waals surface area contributed by atoms with Gasteiger partial charge in [-0.05, 0) is 87.1 Å². The van der Waals surface area contributed by atoms with Gasteiger partial charge in [0.2, 0.25) is 0 Å². The Morgan fingerprint density at radius 3 is 2.70 bits per heavy atom. The summed E-state index contributed by atoms with van der Waals surface area (Å²) in [5, 5.41) is 3.65. The van der Waals surface area contributed by atoms with Crippen molar-refractivity contribution in [2.24, 2.45) is 22.6 Å². The Morgan fingerprint density at radius 1 is 1.18 bits per heavy atom. The van der Waals surface area contributed by atoms with Gasteiger partial charge < -0.3 is 16.0 Å². The fourth-order valence-corrected chi connectivity index (χ4v) is 5.55. The van der Waals surface area contributed by atoms with Crippen LogP contribution in [0, 0.1) is 11.8 Å². The number of piperidine rings is 1. The van der Waals surface area contributed by atoms with Crippen LogP contribution in [0.25, 0.3) is 6.08 Å². The molecule has 33 heavy (non-hydrogen) atoms. The van der Waals surface area contributed by atoms with Crippen LogP contribution in [-0.4, -0.2) is 47.8 Å². The van der Waals surface area contributed by atoms with Crippen LogP contribution in [0.15, 0.2) is 53.2 Å². The molecule has 3 aliphatic rings. The van der Waals surface area contributed by atoms with Crippen molar-refractivity contribution in [1.82, 2.24) is 9.88 Å². The van der Waals surface area contributed by atoms with Crippen molar-refractivity contribution in [3.63, 3.8) is 0 Å². The molecule has 1 atom stereocenters. The maximum atomic E-state index is 5.79. The molecule has 1 unspecified atom stereocenters. The molecule has 3 N–H and O–H groups in total. The van der Waals surface area contributed by atoms with Gasteiger partial charge in [0, 0.05) is 43.0 Å². The first-order valence-electron chi connectivity index (χ1n) is 12.9. The predicted octanol–water partition coefficient (Wildman–Crippen LogP) is 5.43. The van der Waals surface area contributed by atoms with Gasteiger partial charge in [0.1, 0.15) is 5.82 Å². The highest BCUT2D eigenvalue weighted by Gasteiger charge is 2.27. The first-order valence-corrected chi connectivity index (χ1v) is 12.9. The quantitative estimate of drug-likeness (QED) is 0.557.